The van der Waals surface area contributed by atoms with Gasteiger partial charge in [-0.25, -0.2) is 0 Å². The van der Waals surface area contributed by atoms with Gasteiger partial charge in [0.1, 0.15) is 6.04 Å². The van der Waals surface area contributed by atoms with Crippen LogP contribution in [0.2, 0.25) is 5.02 Å². The highest BCUT2D eigenvalue weighted by molar-refractivity contribution is 6.31. The second-order valence-electron chi connectivity index (χ2n) is 5.67. The summed E-state index contributed by atoms with van der Waals surface area (Å²) >= 11 is 6.07. The van der Waals surface area contributed by atoms with Gasteiger partial charge in [0.05, 0.1) is 0 Å². The maximum Gasteiger partial charge on any atom is 0.255 e. The zero-order chi connectivity index (χ0) is 16.6. The molecule has 0 spiro atoms. The zero-order valence-electron chi connectivity index (χ0n) is 13.0. The molecule has 23 heavy (non-hydrogen) atoms. The number of fused-ring (bicyclic) bond motifs is 1. The van der Waals surface area contributed by atoms with Crippen LogP contribution in [-0.4, -0.2) is 22.8 Å². The van der Waals surface area contributed by atoms with Gasteiger partial charge in [-0.1, -0.05) is 35.9 Å². The Morgan fingerprint density at radius 3 is 2.70 bits per heavy atom. The quantitative estimate of drug-likeness (QED) is 0.935. The molecule has 0 saturated carbocycles. The van der Waals surface area contributed by atoms with Crippen LogP contribution in [0.15, 0.2) is 42.5 Å². The first-order valence-electron chi connectivity index (χ1n) is 7.44. The number of rotatable bonds is 3. The Labute approximate surface area is 140 Å². The van der Waals surface area contributed by atoms with Crippen molar-refractivity contribution in [2.75, 3.05) is 5.32 Å². The van der Waals surface area contributed by atoms with Gasteiger partial charge in [-0.2, -0.15) is 0 Å². The highest BCUT2D eigenvalue weighted by atomic mass is 35.5. The van der Waals surface area contributed by atoms with E-state index >= 15 is 0 Å². The molecule has 0 saturated heterocycles. The van der Waals surface area contributed by atoms with Gasteiger partial charge < -0.3 is 10.2 Å². The third-order valence-electron chi connectivity index (χ3n) is 4.22. The third kappa shape index (κ3) is 2.82. The van der Waals surface area contributed by atoms with E-state index in [1.807, 2.05) is 25.1 Å². The fourth-order valence-electron chi connectivity index (χ4n) is 2.71. The molecule has 0 radical (unpaired) electrons. The Hall–Kier alpha value is -2.33. The molecular weight excluding hydrogens is 312 g/mol. The average molecular weight is 329 g/mol. The van der Waals surface area contributed by atoms with Gasteiger partial charge >= 0.3 is 0 Å². The van der Waals surface area contributed by atoms with E-state index < -0.39 is 6.04 Å². The first-order valence-corrected chi connectivity index (χ1v) is 7.81. The molecule has 3 rings (SSSR count). The summed E-state index contributed by atoms with van der Waals surface area (Å²) < 4.78 is 0. The number of carbonyl (C=O) groups excluding carboxylic acids is 2. The van der Waals surface area contributed by atoms with Crippen molar-refractivity contribution in [3.63, 3.8) is 0 Å². The lowest BCUT2D eigenvalue weighted by Crippen LogP contribution is -2.42. The molecule has 0 bridgehead atoms. The van der Waals surface area contributed by atoms with Crippen molar-refractivity contribution in [3.05, 3.63) is 64.2 Å². The van der Waals surface area contributed by atoms with E-state index in [1.54, 1.807) is 36.1 Å². The molecule has 2 aromatic rings. The molecule has 1 aliphatic rings. The minimum Gasteiger partial charge on any atom is -0.324 e. The van der Waals surface area contributed by atoms with E-state index in [9.17, 15) is 9.59 Å². The van der Waals surface area contributed by atoms with Crippen molar-refractivity contribution < 1.29 is 9.59 Å². The highest BCUT2D eigenvalue weighted by Crippen LogP contribution is 2.26. The average Bonchev–Trinajstić information content (AvgIpc) is 2.88. The van der Waals surface area contributed by atoms with Crippen molar-refractivity contribution in [2.45, 2.75) is 26.4 Å². The van der Waals surface area contributed by atoms with Gasteiger partial charge in [0.2, 0.25) is 5.91 Å². The number of carbonyl (C=O) groups is 2. The Balaban J connectivity index is 1.76. The summed E-state index contributed by atoms with van der Waals surface area (Å²) in [6.45, 7) is 4.04. The highest BCUT2D eigenvalue weighted by Gasteiger charge is 2.33. The monoisotopic (exact) mass is 328 g/mol. The largest absolute Gasteiger partial charge is 0.324 e. The molecule has 1 atom stereocenters. The van der Waals surface area contributed by atoms with Crippen LogP contribution in [0.5, 0.6) is 0 Å². The van der Waals surface area contributed by atoms with Gasteiger partial charge in [-0.3, -0.25) is 9.59 Å². The molecule has 5 heteroatoms. The summed E-state index contributed by atoms with van der Waals surface area (Å²) in [6, 6.07) is 12.2. The molecule has 2 aromatic carbocycles. The minimum absolute atomic E-state index is 0.105. The van der Waals surface area contributed by atoms with E-state index in [0.717, 1.165) is 11.1 Å². The Morgan fingerprint density at radius 2 is 1.96 bits per heavy atom. The van der Waals surface area contributed by atoms with Crippen LogP contribution in [0, 0.1) is 6.92 Å². The van der Waals surface area contributed by atoms with Crippen LogP contribution < -0.4 is 5.32 Å². The van der Waals surface area contributed by atoms with Gasteiger partial charge in [0.15, 0.2) is 0 Å². The van der Waals surface area contributed by atoms with Crippen molar-refractivity contribution >= 4 is 29.1 Å². The number of benzene rings is 2. The van der Waals surface area contributed by atoms with E-state index in [4.69, 9.17) is 11.6 Å². The molecule has 1 unspecified atom stereocenters. The Morgan fingerprint density at radius 1 is 1.22 bits per heavy atom. The van der Waals surface area contributed by atoms with Crippen LogP contribution in [0.25, 0.3) is 0 Å². The third-order valence-corrected chi connectivity index (χ3v) is 4.63. The molecule has 1 heterocycles. The fourth-order valence-corrected chi connectivity index (χ4v) is 2.89. The molecule has 1 aliphatic heterocycles. The number of hydrogen-bond acceptors (Lipinski definition) is 2. The molecular formula is C18H17ClN2O2. The molecule has 2 amide bonds. The van der Waals surface area contributed by atoms with Crippen molar-refractivity contribution in [1.29, 1.82) is 0 Å². The fraction of sp³-hybridized carbons (Fsp3) is 0.222. The number of amides is 2. The summed E-state index contributed by atoms with van der Waals surface area (Å²) in [5.41, 5.74) is 3.10. The predicted octanol–water partition coefficient (Wildman–Crippen LogP) is 3.63. The van der Waals surface area contributed by atoms with Crippen LogP contribution in [0.4, 0.5) is 5.69 Å². The first-order chi connectivity index (χ1) is 11.0. The molecule has 118 valence electrons. The second kappa shape index (κ2) is 6.05. The lowest BCUT2D eigenvalue weighted by Gasteiger charge is -2.23. The number of halogens is 1. The van der Waals surface area contributed by atoms with Crippen molar-refractivity contribution in [2.24, 2.45) is 0 Å². The first kappa shape index (κ1) is 15.6. The van der Waals surface area contributed by atoms with Gasteiger partial charge in [-0.05, 0) is 43.2 Å². The molecule has 4 nitrogen and oxygen atoms in total. The molecule has 0 aromatic heterocycles. The molecule has 0 fully saturated rings. The van der Waals surface area contributed by atoms with Gasteiger partial charge in [0.25, 0.3) is 5.91 Å². The van der Waals surface area contributed by atoms with Crippen LogP contribution in [0.3, 0.4) is 0 Å². The summed E-state index contributed by atoms with van der Waals surface area (Å²) in [7, 11) is 0. The van der Waals surface area contributed by atoms with Crippen molar-refractivity contribution in [1.82, 2.24) is 4.90 Å². The van der Waals surface area contributed by atoms with E-state index in [1.165, 1.54) is 0 Å². The summed E-state index contributed by atoms with van der Waals surface area (Å²) in [4.78, 5) is 26.5. The lowest BCUT2D eigenvalue weighted by atomic mass is 10.1. The Kier molecular flexibility index (Phi) is 4.09. The van der Waals surface area contributed by atoms with Gasteiger partial charge in [-0.15, -0.1) is 0 Å². The molecule has 1 N–H and O–H groups in total. The maximum absolute atomic E-state index is 12.5. The van der Waals surface area contributed by atoms with E-state index in [0.29, 0.717) is 22.8 Å². The van der Waals surface area contributed by atoms with Crippen LogP contribution in [0.1, 0.15) is 28.4 Å². The number of hydrogen-bond donors (Lipinski definition) is 1. The van der Waals surface area contributed by atoms with Crippen molar-refractivity contribution in [3.8, 4) is 0 Å². The normalized spacial score (nSPS) is 14.6. The van der Waals surface area contributed by atoms with E-state index in [2.05, 4.69) is 5.32 Å². The number of nitrogens with zero attached hydrogens (tertiary/aromatic N) is 1. The SMILES string of the molecule is Cc1c(Cl)cccc1NC(=O)C(C)N1Cc2ccccc2C1=O. The smallest absolute Gasteiger partial charge is 0.255 e. The zero-order valence-corrected chi connectivity index (χ0v) is 13.7. The van der Waals surface area contributed by atoms with Crippen LogP contribution in [-0.2, 0) is 11.3 Å². The van der Waals surface area contributed by atoms with Gasteiger partial charge in [0, 0.05) is 22.8 Å². The predicted molar refractivity (Wildman–Crippen MR) is 90.6 cm³/mol. The topological polar surface area (TPSA) is 49.4 Å². The minimum atomic E-state index is -0.562. The maximum atomic E-state index is 12.5. The molecule has 0 aliphatic carbocycles. The Bertz CT molecular complexity index is 788. The standard InChI is InChI=1S/C18H17ClN2O2/c1-11-15(19)8-5-9-16(11)20-17(22)12(2)21-10-13-6-3-4-7-14(13)18(21)23/h3-9,12H,10H2,1-2H3,(H,20,22). The number of nitrogens with one attached hydrogen (secondary N) is 1. The summed E-state index contributed by atoms with van der Waals surface area (Å²) in [5.74, 6) is -0.331. The summed E-state index contributed by atoms with van der Waals surface area (Å²) in [5, 5.41) is 3.46. The summed E-state index contributed by atoms with van der Waals surface area (Å²) in [6.07, 6.45) is 0. The number of anilines is 1. The van der Waals surface area contributed by atoms with Crippen LogP contribution >= 0.6 is 11.6 Å². The lowest BCUT2D eigenvalue weighted by molar-refractivity contribution is -0.120. The van der Waals surface area contributed by atoms with E-state index in [-0.39, 0.29) is 11.8 Å². The second-order valence-corrected chi connectivity index (χ2v) is 6.08.